The fourth-order valence-corrected chi connectivity index (χ4v) is 12.1. The normalized spacial score (nSPS) is 12.5. The molecule has 0 atom stereocenters. The Bertz CT molecular complexity index is 4110. The monoisotopic (exact) mass is 957 g/mol. The number of nitrogens with zero attached hydrogens (tertiary/aromatic N) is 1. The van der Waals surface area contributed by atoms with E-state index < -0.39 is 0 Å². The van der Waals surface area contributed by atoms with Crippen molar-refractivity contribution in [3.63, 3.8) is 0 Å². The van der Waals surface area contributed by atoms with Crippen molar-refractivity contribution >= 4 is 61.7 Å². The van der Waals surface area contributed by atoms with Crippen molar-refractivity contribution in [2.24, 2.45) is 0 Å². The summed E-state index contributed by atoms with van der Waals surface area (Å²) in [4.78, 5) is 2.60. The average molecular weight is 958 g/mol. The van der Waals surface area contributed by atoms with Crippen LogP contribution in [0.2, 0.25) is 0 Å². The number of hydrogen-bond acceptors (Lipinski definition) is 2. The van der Waals surface area contributed by atoms with Gasteiger partial charge in [0.15, 0.2) is 0 Å². The summed E-state index contributed by atoms with van der Waals surface area (Å²) >= 11 is 0. The molecule has 354 valence electrons. The van der Waals surface area contributed by atoms with Gasteiger partial charge in [-0.15, -0.1) is 0 Å². The van der Waals surface area contributed by atoms with Crippen LogP contribution >= 0.6 is 0 Å². The predicted octanol–water partition coefficient (Wildman–Crippen LogP) is 17.7. The molecule has 2 heterocycles. The maximum Gasteiger partial charge on any atom is 0.256 e. The molecule has 0 aliphatic carbocycles. The minimum Gasteiger partial charge on any atom is -0.458 e. The maximum absolute atomic E-state index is 7.21. The third-order valence-electron chi connectivity index (χ3n) is 15.7. The predicted molar refractivity (Wildman–Crippen MR) is 319 cm³/mol. The van der Waals surface area contributed by atoms with Gasteiger partial charge < -0.3 is 9.64 Å². The smallest absolute Gasteiger partial charge is 0.256 e. The van der Waals surface area contributed by atoms with Crippen molar-refractivity contribution in [3.05, 3.63) is 266 Å². The number of ether oxygens (including phenoxy) is 1. The molecular weight excluding hydrogens is 906 g/mol. The van der Waals surface area contributed by atoms with E-state index in [2.05, 4.69) is 287 Å². The highest BCUT2D eigenvalue weighted by atomic mass is 16.5. The third kappa shape index (κ3) is 7.49. The van der Waals surface area contributed by atoms with Crippen LogP contribution in [0.5, 0.6) is 11.5 Å². The number of anilines is 3. The van der Waals surface area contributed by atoms with Crippen LogP contribution in [-0.2, 0) is 5.41 Å². The lowest BCUT2D eigenvalue weighted by molar-refractivity contribution is 0.483. The molecule has 2 aliphatic rings. The molecule has 12 aromatic carbocycles. The molecule has 0 aromatic heterocycles. The van der Waals surface area contributed by atoms with Crippen molar-refractivity contribution in [1.29, 1.82) is 0 Å². The standard InChI is InChI=1S/C72H52BNO/c1-72(2,3)55-45-65-70-67(46-55)75-66-41-38-53(47-22-9-4-10-23-47)43-63(66)73(70)62-40-37-54(44-64(62)74(65)71-56(48-24-11-5-12-25-48)34-21-35-57(71)49-26-13-6-14-27-49)52-36-39-60-61(42-52)69(51-30-17-8-18-31-51)59-33-20-19-32-58(59)68(60)50-28-15-7-16-29-50/h4-46H,1-3H3. The minimum absolute atomic E-state index is 0.109. The zero-order valence-corrected chi connectivity index (χ0v) is 42.3. The van der Waals surface area contributed by atoms with Gasteiger partial charge in [-0.25, -0.2) is 0 Å². The molecule has 0 bridgehead atoms. The minimum atomic E-state index is -0.179. The second kappa shape index (κ2) is 17.8. The van der Waals surface area contributed by atoms with Crippen molar-refractivity contribution in [2.75, 3.05) is 4.90 Å². The number of rotatable bonds is 7. The SMILES string of the molecule is CC(C)(C)c1cc2c3c(c1)N(c1c(-c4ccccc4)cccc1-c1ccccc1)c1cc(-c4ccc5c(-c6ccccc6)c6ccccc6c(-c6ccccc6)c5c4)ccc1B3c1cc(-c3ccccc3)ccc1O2. The van der Waals surface area contributed by atoms with Gasteiger partial charge in [0, 0.05) is 22.5 Å². The zero-order chi connectivity index (χ0) is 50.2. The lowest BCUT2D eigenvalue weighted by Gasteiger charge is -2.42. The van der Waals surface area contributed by atoms with Crippen LogP contribution in [0.3, 0.4) is 0 Å². The van der Waals surface area contributed by atoms with Gasteiger partial charge in [-0.2, -0.15) is 0 Å². The fraction of sp³-hybridized carbons (Fsp3) is 0.0556. The van der Waals surface area contributed by atoms with Crippen LogP contribution in [0.4, 0.5) is 17.1 Å². The van der Waals surface area contributed by atoms with Crippen LogP contribution < -0.4 is 26.0 Å². The van der Waals surface area contributed by atoms with E-state index in [4.69, 9.17) is 4.74 Å². The summed E-state index contributed by atoms with van der Waals surface area (Å²) in [6.45, 7) is 6.82. The lowest BCUT2D eigenvalue weighted by atomic mass is 9.34. The van der Waals surface area contributed by atoms with Crippen LogP contribution in [0, 0.1) is 0 Å². The summed E-state index contributed by atoms with van der Waals surface area (Å²) in [6.07, 6.45) is 0. The maximum atomic E-state index is 7.21. The summed E-state index contributed by atoms with van der Waals surface area (Å²) in [7, 11) is 0. The second-order valence-electron chi connectivity index (χ2n) is 21.1. The summed E-state index contributed by atoms with van der Waals surface area (Å²) in [5.41, 5.74) is 22.2. The molecule has 0 radical (unpaired) electrons. The van der Waals surface area contributed by atoms with E-state index in [1.165, 1.54) is 76.9 Å². The van der Waals surface area contributed by atoms with Gasteiger partial charge in [0.25, 0.3) is 6.71 Å². The molecule has 0 amide bonds. The molecule has 3 heteroatoms. The number of benzene rings is 12. The highest BCUT2D eigenvalue weighted by Crippen LogP contribution is 2.51. The van der Waals surface area contributed by atoms with Crippen LogP contribution in [0.15, 0.2) is 261 Å². The molecular formula is C72H52BNO. The Morgan fingerprint density at radius 1 is 0.333 bits per heavy atom. The van der Waals surface area contributed by atoms with E-state index in [0.717, 1.165) is 61.9 Å². The topological polar surface area (TPSA) is 12.5 Å². The highest BCUT2D eigenvalue weighted by molar-refractivity contribution is 6.99. The lowest BCUT2D eigenvalue weighted by Crippen LogP contribution is -2.59. The van der Waals surface area contributed by atoms with Gasteiger partial charge in [-0.05, 0) is 135 Å². The van der Waals surface area contributed by atoms with Crippen molar-refractivity contribution in [1.82, 2.24) is 0 Å². The van der Waals surface area contributed by atoms with Gasteiger partial charge >= 0.3 is 0 Å². The third-order valence-corrected chi connectivity index (χ3v) is 15.7. The molecule has 0 spiro atoms. The van der Waals surface area contributed by atoms with Crippen molar-refractivity contribution in [3.8, 4) is 78.3 Å². The van der Waals surface area contributed by atoms with Crippen LogP contribution in [-0.4, -0.2) is 6.71 Å². The van der Waals surface area contributed by atoms with Gasteiger partial charge in [-0.3, -0.25) is 0 Å². The van der Waals surface area contributed by atoms with Crippen LogP contribution in [0.1, 0.15) is 26.3 Å². The Morgan fingerprint density at radius 3 is 1.40 bits per heavy atom. The van der Waals surface area contributed by atoms with E-state index in [1.54, 1.807) is 0 Å². The summed E-state index contributed by atoms with van der Waals surface area (Å²) in [6, 6.07) is 96.2. The Morgan fingerprint density at radius 2 is 0.813 bits per heavy atom. The first-order chi connectivity index (χ1) is 36.9. The first-order valence-electron chi connectivity index (χ1n) is 26.2. The summed E-state index contributed by atoms with van der Waals surface area (Å²) in [5.74, 6) is 1.80. The van der Waals surface area contributed by atoms with E-state index in [1.807, 2.05) is 0 Å². The molecule has 2 nitrogen and oxygen atoms in total. The summed E-state index contributed by atoms with van der Waals surface area (Å²) < 4.78 is 7.21. The number of para-hydroxylation sites is 1. The van der Waals surface area contributed by atoms with E-state index >= 15 is 0 Å². The molecule has 14 rings (SSSR count). The Hall–Kier alpha value is -9.18. The van der Waals surface area contributed by atoms with E-state index in [0.29, 0.717) is 0 Å². The molecule has 0 saturated heterocycles. The molecule has 2 aliphatic heterocycles. The number of fused-ring (bicyclic) bond motifs is 6. The second-order valence-corrected chi connectivity index (χ2v) is 21.1. The van der Waals surface area contributed by atoms with Gasteiger partial charge in [-0.1, -0.05) is 251 Å². The number of hydrogen-bond donors (Lipinski definition) is 0. The van der Waals surface area contributed by atoms with Crippen LogP contribution in [0.25, 0.3) is 88.3 Å². The quantitative estimate of drug-likeness (QED) is 0.117. The summed E-state index contributed by atoms with van der Waals surface area (Å²) in [5, 5.41) is 4.95. The zero-order valence-electron chi connectivity index (χ0n) is 42.3. The molecule has 75 heavy (non-hydrogen) atoms. The average Bonchev–Trinajstić information content (AvgIpc) is 3.46. The van der Waals surface area contributed by atoms with E-state index in [-0.39, 0.29) is 12.1 Å². The van der Waals surface area contributed by atoms with Gasteiger partial charge in [0.1, 0.15) is 11.5 Å². The first kappa shape index (κ1) is 44.5. The van der Waals surface area contributed by atoms with E-state index in [9.17, 15) is 0 Å². The Labute approximate surface area is 439 Å². The molecule has 12 aromatic rings. The highest BCUT2D eigenvalue weighted by Gasteiger charge is 2.44. The van der Waals surface area contributed by atoms with Gasteiger partial charge in [0.2, 0.25) is 0 Å². The first-order valence-corrected chi connectivity index (χ1v) is 26.2. The van der Waals surface area contributed by atoms with Crippen molar-refractivity contribution < 1.29 is 4.74 Å². The Kier molecular flexibility index (Phi) is 10.6. The largest absolute Gasteiger partial charge is 0.458 e. The Balaban J connectivity index is 1.09. The van der Waals surface area contributed by atoms with Crippen molar-refractivity contribution in [2.45, 2.75) is 26.2 Å². The fourth-order valence-electron chi connectivity index (χ4n) is 12.1. The molecule has 0 fully saturated rings. The van der Waals surface area contributed by atoms with Gasteiger partial charge in [0.05, 0.1) is 5.69 Å². The molecule has 0 N–H and O–H groups in total. The molecule has 0 unspecified atom stereocenters. The molecule has 0 saturated carbocycles.